The molecular weight excluding hydrogens is 438 g/mol. The van der Waals surface area contributed by atoms with Crippen molar-refractivity contribution in [1.82, 2.24) is 24.1 Å². The second-order valence-electron chi connectivity index (χ2n) is 9.24. The molecule has 1 saturated carbocycles. The molecule has 0 amide bonds. The first-order valence-electron chi connectivity index (χ1n) is 12.0. The number of aromatic amines is 1. The fourth-order valence-electron chi connectivity index (χ4n) is 5.40. The van der Waals surface area contributed by atoms with Gasteiger partial charge in [-0.1, -0.05) is 49.6 Å². The molecule has 0 unspecified atom stereocenters. The molecule has 0 radical (unpaired) electrons. The molecule has 35 heavy (non-hydrogen) atoms. The van der Waals surface area contributed by atoms with Gasteiger partial charge in [-0.2, -0.15) is 14.9 Å². The van der Waals surface area contributed by atoms with Crippen LogP contribution in [0.3, 0.4) is 0 Å². The third-order valence-corrected chi connectivity index (χ3v) is 7.02. The quantitative estimate of drug-likeness (QED) is 0.366. The maximum absolute atomic E-state index is 13.9. The van der Waals surface area contributed by atoms with Gasteiger partial charge in [0.2, 0.25) is 0 Å². The number of aryl methyl sites for hydroxylation is 1. The summed E-state index contributed by atoms with van der Waals surface area (Å²) in [5, 5.41) is 14.2. The monoisotopic (exact) mass is 463 g/mol. The van der Waals surface area contributed by atoms with Crippen LogP contribution in [0.15, 0.2) is 53.3 Å². The SMILES string of the molecule is Cc1[nH]c2c(-c3ccccc3)c(C#N)nn2c(=O)c1-c1nc2ccc(N)cc2n1C1CCCCC1. The van der Waals surface area contributed by atoms with Gasteiger partial charge in [-0.25, -0.2) is 4.98 Å². The molecule has 0 bridgehead atoms. The van der Waals surface area contributed by atoms with E-state index in [1.165, 1.54) is 10.9 Å². The molecule has 3 heterocycles. The Morgan fingerprint density at radius 3 is 2.60 bits per heavy atom. The summed E-state index contributed by atoms with van der Waals surface area (Å²) in [5.41, 5.74) is 11.6. The third-order valence-electron chi connectivity index (χ3n) is 7.02. The van der Waals surface area contributed by atoms with Gasteiger partial charge < -0.3 is 15.3 Å². The molecular formula is C27H25N7O. The van der Waals surface area contributed by atoms with E-state index >= 15 is 0 Å². The Hall–Kier alpha value is -4.38. The smallest absolute Gasteiger partial charge is 0.285 e. The van der Waals surface area contributed by atoms with Crippen molar-refractivity contribution >= 4 is 22.4 Å². The number of nitrogen functional groups attached to an aromatic ring is 1. The molecule has 8 heteroatoms. The van der Waals surface area contributed by atoms with Crippen molar-refractivity contribution in [3.05, 3.63) is 70.3 Å². The number of anilines is 1. The highest BCUT2D eigenvalue weighted by molar-refractivity contribution is 5.85. The Morgan fingerprint density at radius 1 is 1.09 bits per heavy atom. The van der Waals surface area contributed by atoms with Crippen molar-refractivity contribution in [2.75, 3.05) is 5.73 Å². The zero-order valence-electron chi connectivity index (χ0n) is 19.5. The number of fused-ring (bicyclic) bond motifs is 2. The van der Waals surface area contributed by atoms with Crippen molar-refractivity contribution in [3.63, 3.8) is 0 Å². The fourth-order valence-corrected chi connectivity index (χ4v) is 5.40. The lowest BCUT2D eigenvalue weighted by atomic mass is 9.95. The first-order chi connectivity index (χ1) is 17.1. The number of hydrogen-bond acceptors (Lipinski definition) is 5. The average molecular weight is 464 g/mol. The van der Waals surface area contributed by atoms with E-state index in [-0.39, 0.29) is 17.3 Å². The number of nitrogens with two attached hydrogens (primary N) is 1. The number of hydrogen-bond donors (Lipinski definition) is 2. The topological polar surface area (TPSA) is 118 Å². The van der Waals surface area contributed by atoms with Crippen molar-refractivity contribution in [2.45, 2.75) is 45.1 Å². The lowest BCUT2D eigenvalue weighted by molar-refractivity contribution is 0.362. The Morgan fingerprint density at radius 2 is 1.86 bits per heavy atom. The van der Waals surface area contributed by atoms with E-state index < -0.39 is 0 Å². The summed E-state index contributed by atoms with van der Waals surface area (Å²) in [7, 11) is 0. The predicted octanol–water partition coefficient (Wildman–Crippen LogP) is 4.97. The summed E-state index contributed by atoms with van der Waals surface area (Å²) in [4.78, 5) is 22.2. The van der Waals surface area contributed by atoms with Crippen LogP contribution >= 0.6 is 0 Å². The Kier molecular flexibility index (Phi) is 4.92. The third kappa shape index (κ3) is 3.31. The molecule has 8 nitrogen and oxygen atoms in total. The molecule has 0 atom stereocenters. The molecule has 0 aliphatic heterocycles. The van der Waals surface area contributed by atoms with Gasteiger partial charge in [-0.15, -0.1) is 0 Å². The van der Waals surface area contributed by atoms with Crippen LogP contribution < -0.4 is 11.3 Å². The fraction of sp³-hybridized carbons (Fsp3) is 0.259. The van der Waals surface area contributed by atoms with Gasteiger partial charge in [-0.05, 0) is 43.5 Å². The van der Waals surface area contributed by atoms with Gasteiger partial charge >= 0.3 is 0 Å². The summed E-state index contributed by atoms with van der Waals surface area (Å²) >= 11 is 0. The highest BCUT2D eigenvalue weighted by atomic mass is 16.1. The van der Waals surface area contributed by atoms with Gasteiger partial charge in [0.1, 0.15) is 23.1 Å². The van der Waals surface area contributed by atoms with Crippen LogP contribution in [-0.2, 0) is 0 Å². The zero-order valence-corrected chi connectivity index (χ0v) is 19.5. The predicted molar refractivity (Wildman–Crippen MR) is 136 cm³/mol. The average Bonchev–Trinajstić information content (AvgIpc) is 3.43. The van der Waals surface area contributed by atoms with Crippen LogP contribution in [0.5, 0.6) is 0 Å². The number of imidazole rings is 1. The Labute approximate surface area is 201 Å². The molecule has 5 aromatic rings. The molecule has 6 rings (SSSR count). The molecule has 0 spiro atoms. The van der Waals surface area contributed by atoms with Crippen LogP contribution in [0.25, 0.3) is 39.2 Å². The second kappa shape index (κ2) is 8.13. The molecule has 3 N–H and O–H groups in total. The second-order valence-corrected chi connectivity index (χ2v) is 9.24. The van der Waals surface area contributed by atoms with E-state index in [0.717, 1.165) is 42.3 Å². The maximum Gasteiger partial charge on any atom is 0.285 e. The minimum absolute atomic E-state index is 0.203. The molecule has 174 valence electrons. The number of nitrogens with one attached hydrogen (secondary N) is 1. The first kappa shape index (κ1) is 21.2. The van der Waals surface area contributed by atoms with Gasteiger partial charge in [0.15, 0.2) is 5.69 Å². The van der Waals surface area contributed by atoms with Crippen LogP contribution in [0, 0.1) is 18.3 Å². The number of H-pyrrole nitrogens is 1. The van der Waals surface area contributed by atoms with Crippen molar-refractivity contribution in [3.8, 4) is 28.6 Å². The summed E-state index contributed by atoms with van der Waals surface area (Å²) in [6.07, 6.45) is 5.58. The number of benzene rings is 2. The van der Waals surface area contributed by atoms with Crippen LogP contribution in [0.2, 0.25) is 0 Å². The lowest BCUT2D eigenvalue weighted by Crippen LogP contribution is -2.22. The zero-order chi connectivity index (χ0) is 24.1. The molecule has 1 fully saturated rings. The molecule has 1 aliphatic rings. The number of aromatic nitrogens is 5. The summed E-state index contributed by atoms with van der Waals surface area (Å²) in [6.45, 7) is 1.88. The standard InChI is InChI=1S/C27H25N7O/c1-16-23(25-31-20-13-12-18(29)14-22(20)33(25)19-10-6-3-7-11-19)27(35)34-26(30-16)24(21(15-28)32-34)17-8-4-2-5-9-17/h2,4-5,8-9,12-14,19,30H,3,6-7,10-11,29H2,1H3. The van der Waals surface area contributed by atoms with Gasteiger partial charge in [0, 0.05) is 17.4 Å². The Bertz CT molecular complexity index is 1680. The Balaban J connectivity index is 1.65. The highest BCUT2D eigenvalue weighted by Gasteiger charge is 2.27. The van der Waals surface area contributed by atoms with E-state index in [1.54, 1.807) is 0 Å². The van der Waals surface area contributed by atoms with E-state index in [4.69, 9.17) is 10.7 Å². The van der Waals surface area contributed by atoms with E-state index in [2.05, 4.69) is 20.7 Å². The van der Waals surface area contributed by atoms with E-state index in [0.29, 0.717) is 34.0 Å². The van der Waals surface area contributed by atoms with Gasteiger partial charge in [0.05, 0.1) is 16.6 Å². The largest absolute Gasteiger partial charge is 0.399 e. The summed E-state index contributed by atoms with van der Waals surface area (Å²) in [5.74, 6) is 0.619. The highest BCUT2D eigenvalue weighted by Crippen LogP contribution is 2.37. The van der Waals surface area contributed by atoms with Gasteiger partial charge in [0.25, 0.3) is 5.56 Å². The van der Waals surface area contributed by atoms with Crippen LogP contribution in [-0.4, -0.2) is 24.1 Å². The van der Waals surface area contributed by atoms with Crippen LogP contribution in [0.4, 0.5) is 5.69 Å². The molecule has 0 saturated heterocycles. The van der Waals surface area contributed by atoms with Crippen molar-refractivity contribution in [1.29, 1.82) is 5.26 Å². The summed E-state index contributed by atoms with van der Waals surface area (Å²) < 4.78 is 3.50. The molecule has 3 aromatic heterocycles. The minimum atomic E-state index is -0.296. The lowest BCUT2D eigenvalue weighted by Gasteiger charge is -2.26. The summed E-state index contributed by atoms with van der Waals surface area (Å²) in [6, 6.07) is 17.6. The first-order valence-corrected chi connectivity index (χ1v) is 12.0. The maximum atomic E-state index is 13.9. The van der Waals surface area contributed by atoms with Crippen LogP contribution in [0.1, 0.15) is 49.5 Å². The normalized spacial score (nSPS) is 14.5. The molecule has 1 aliphatic carbocycles. The number of nitrogens with zero attached hydrogens (tertiary/aromatic N) is 5. The van der Waals surface area contributed by atoms with Gasteiger partial charge in [-0.3, -0.25) is 4.79 Å². The van der Waals surface area contributed by atoms with E-state index in [9.17, 15) is 10.1 Å². The minimum Gasteiger partial charge on any atom is -0.399 e. The van der Waals surface area contributed by atoms with Crippen molar-refractivity contribution in [2.24, 2.45) is 0 Å². The van der Waals surface area contributed by atoms with Crippen molar-refractivity contribution < 1.29 is 0 Å². The molecule has 2 aromatic carbocycles. The number of nitriles is 1. The number of rotatable bonds is 3. The van der Waals surface area contributed by atoms with E-state index in [1.807, 2.05) is 55.5 Å².